The molecule has 0 spiro atoms. The fourth-order valence-electron chi connectivity index (χ4n) is 3.94. The number of carbonyl (C=O) groups is 2. The highest BCUT2D eigenvalue weighted by Gasteiger charge is 2.34. The van der Waals surface area contributed by atoms with Crippen LogP contribution in [0.15, 0.2) is 77.7 Å². The molecule has 1 atom stereocenters. The van der Waals surface area contributed by atoms with Crippen LogP contribution >= 0.6 is 34.8 Å². The lowest BCUT2D eigenvalue weighted by Crippen LogP contribution is -2.52. The Kier molecular flexibility index (Phi) is 10.4. The fourth-order valence-corrected chi connectivity index (χ4v) is 6.15. The van der Waals surface area contributed by atoms with Crippen molar-refractivity contribution in [2.75, 3.05) is 17.4 Å². The zero-order valence-electron chi connectivity index (χ0n) is 20.9. The summed E-state index contributed by atoms with van der Waals surface area (Å²) in [5.41, 5.74) is 0.698. The Labute approximate surface area is 238 Å². The van der Waals surface area contributed by atoms with Gasteiger partial charge in [-0.2, -0.15) is 0 Å². The third-order valence-corrected chi connectivity index (χ3v) is 8.50. The highest BCUT2D eigenvalue weighted by atomic mass is 35.5. The van der Waals surface area contributed by atoms with Crippen LogP contribution in [0.1, 0.15) is 25.8 Å². The molecule has 0 fully saturated rings. The molecule has 0 aromatic heterocycles. The molecule has 2 amide bonds. The van der Waals surface area contributed by atoms with Crippen molar-refractivity contribution in [3.05, 3.63) is 93.4 Å². The first-order valence-corrected chi connectivity index (χ1v) is 14.5. The second-order valence-corrected chi connectivity index (χ2v) is 11.5. The van der Waals surface area contributed by atoms with Crippen molar-refractivity contribution in [3.8, 4) is 0 Å². The normalized spacial score (nSPS) is 12.0. The summed E-state index contributed by atoms with van der Waals surface area (Å²) in [6.45, 7) is 3.32. The first-order chi connectivity index (χ1) is 18.1. The summed E-state index contributed by atoms with van der Waals surface area (Å²) in [6.07, 6.45) is 0.301. The number of sulfonamides is 1. The maximum atomic E-state index is 13.9. The van der Waals surface area contributed by atoms with Crippen LogP contribution in [0.5, 0.6) is 0 Å². The topological polar surface area (TPSA) is 86.8 Å². The number of halogens is 3. The fraction of sp³-hybridized carbons (Fsp3) is 0.259. The summed E-state index contributed by atoms with van der Waals surface area (Å²) in [5, 5.41) is 3.54. The molecule has 11 heteroatoms. The van der Waals surface area contributed by atoms with Gasteiger partial charge in [-0.15, -0.1) is 0 Å². The monoisotopic (exact) mass is 595 g/mol. The van der Waals surface area contributed by atoms with Crippen LogP contribution in [0.4, 0.5) is 5.69 Å². The quantitative estimate of drug-likeness (QED) is 0.304. The van der Waals surface area contributed by atoms with Gasteiger partial charge in [-0.05, 0) is 55.3 Å². The van der Waals surface area contributed by atoms with Crippen LogP contribution in [0, 0.1) is 0 Å². The van der Waals surface area contributed by atoms with E-state index < -0.39 is 28.5 Å². The highest BCUT2D eigenvalue weighted by molar-refractivity contribution is 7.92. The van der Waals surface area contributed by atoms with Gasteiger partial charge in [-0.25, -0.2) is 8.42 Å². The molecule has 202 valence electrons. The largest absolute Gasteiger partial charge is 0.355 e. The number of rotatable bonds is 11. The molecular formula is C27H28Cl3N3O4S. The summed E-state index contributed by atoms with van der Waals surface area (Å²) in [6, 6.07) is 18.2. The van der Waals surface area contributed by atoms with E-state index in [0.717, 1.165) is 4.31 Å². The molecule has 3 aromatic rings. The minimum Gasteiger partial charge on any atom is -0.355 e. The van der Waals surface area contributed by atoms with E-state index in [9.17, 15) is 18.0 Å². The number of carbonyl (C=O) groups excluding carboxylic acids is 2. The number of likely N-dealkylation sites (N-methyl/N-ethyl adjacent to an activating group) is 1. The van der Waals surface area contributed by atoms with Gasteiger partial charge in [0.05, 0.1) is 15.6 Å². The van der Waals surface area contributed by atoms with E-state index in [-0.39, 0.29) is 28.1 Å². The molecule has 38 heavy (non-hydrogen) atoms. The Hall–Kier alpha value is -2.78. The van der Waals surface area contributed by atoms with E-state index in [1.807, 2.05) is 0 Å². The van der Waals surface area contributed by atoms with Gasteiger partial charge in [-0.3, -0.25) is 13.9 Å². The Bertz CT molecular complexity index is 1390. The molecule has 0 radical (unpaired) electrons. The molecule has 0 aliphatic rings. The summed E-state index contributed by atoms with van der Waals surface area (Å²) < 4.78 is 28.5. The molecule has 0 bridgehead atoms. The lowest BCUT2D eigenvalue weighted by molar-refractivity contribution is -0.140. The minimum atomic E-state index is -4.23. The standard InChI is InChI=1S/C27H28Cl3N3O4S/c1-3-24(27(35)31-4-2)32(17-19-10-8-9-13-22(19)29)26(34)18-33(25-15-14-20(28)16-23(25)30)38(36,37)21-11-6-5-7-12-21/h5-16,24H,3-4,17-18H2,1-2H3,(H,31,35)/t24-/m0/s1. The lowest BCUT2D eigenvalue weighted by atomic mass is 10.1. The molecular weight excluding hydrogens is 569 g/mol. The van der Waals surface area contributed by atoms with Gasteiger partial charge in [0.15, 0.2) is 0 Å². The third kappa shape index (κ3) is 6.99. The molecule has 0 unspecified atom stereocenters. The van der Waals surface area contributed by atoms with Crippen molar-refractivity contribution >= 4 is 62.3 Å². The zero-order valence-corrected chi connectivity index (χ0v) is 24.0. The van der Waals surface area contributed by atoms with Gasteiger partial charge in [0, 0.05) is 23.1 Å². The molecule has 0 saturated heterocycles. The van der Waals surface area contributed by atoms with Gasteiger partial charge in [-0.1, -0.05) is 78.1 Å². The van der Waals surface area contributed by atoms with E-state index in [1.165, 1.54) is 35.2 Å². The number of amides is 2. The SMILES string of the molecule is CCNC(=O)[C@H](CC)N(Cc1ccccc1Cl)C(=O)CN(c1ccc(Cl)cc1Cl)S(=O)(=O)c1ccccc1. The Morgan fingerprint density at radius 2 is 1.55 bits per heavy atom. The van der Waals surface area contributed by atoms with Crippen molar-refractivity contribution in [2.24, 2.45) is 0 Å². The third-order valence-electron chi connectivity index (χ3n) is 5.82. The van der Waals surface area contributed by atoms with Gasteiger partial charge >= 0.3 is 0 Å². The van der Waals surface area contributed by atoms with Crippen molar-refractivity contribution in [3.63, 3.8) is 0 Å². The van der Waals surface area contributed by atoms with Crippen molar-refractivity contribution in [2.45, 2.75) is 37.8 Å². The second-order valence-electron chi connectivity index (χ2n) is 8.35. The summed E-state index contributed by atoms with van der Waals surface area (Å²) in [5.74, 6) is -0.953. The first kappa shape index (κ1) is 29.8. The Balaban J connectivity index is 2.10. The van der Waals surface area contributed by atoms with Crippen LogP contribution in [-0.4, -0.2) is 44.3 Å². The van der Waals surface area contributed by atoms with Crippen LogP contribution < -0.4 is 9.62 Å². The van der Waals surface area contributed by atoms with E-state index in [0.29, 0.717) is 28.6 Å². The molecule has 3 aromatic carbocycles. The zero-order chi connectivity index (χ0) is 27.9. The van der Waals surface area contributed by atoms with Crippen LogP contribution in [-0.2, 0) is 26.2 Å². The first-order valence-electron chi connectivity index (χ1n) is 11.9. The number of hydrogen-bond acceptors (Lipinski definition) is 4. The maximum Gasteiger partial charge on any atom is 0.264 e. The maximum absolute atomic E-state index is 13.9. The van der Waals surface area contributed by atoms with E-state index >= 15 is 0 Å². The molecule has 3 rings (SSSR count). The van der Waals surface area contributed by atoms with Gasteiger partial charge in [0.1, 0.15) is 12.6 Å². The van der Waals surface area contributed by atoms with Crippen LogP contribution in [0.3, 0.4) is 0 Å². The number of nitrogens with one attached hydrogen (secondary N) is 1. The molecule has 0 heterocycles. The predicted octanol–water partition coefficient (Wildman–Crippen LogP) is 5.79. The smallest absolute Gasteiger partial charge is 0.264 e. The lowest BCUT2D eigenvalue weighted by Gasteiger charge is -2.33. The summed E-state index contributed by atoms with van der Waals surface area (Å²) in [4.78, 5) is 28.2. The summed E-state index contributed by atoms with van der Waals surface area (Å²) >= 11 is 18.8. The number of nitrogens with zero attached hydrogens (tertiary/aromatic N) is 2. The number of hydrogen-bond donors (Lipinski definition) is 1. The average Bonchev–Trinajstić information content (AvgIpc) is 2.89. The molecule has 0 aliphatic heterocycles. The van der Waals surface area contributed by atoms with E-state index in [4.69, 9.17) is 34.8 Å². The molecule has 1 N–H and O–H groups in total. The van der Waals surface area contributed by atoms with Gasteiger partial charge in [0.2, 0.25) is 11.8 Å². The Morgan fingerprint density at radius 1 is 0.895 bits per heavy atom. The average molecular weight is 597 g/mol. The predicted molar refractivity (Wildman–Crippen MR) is 152 cm³/mol. The summed E-state index contributed by atoms with van der Waals surface area (Å²) in [7, 11) is -4.23. The van der Waals surface area contributed by atoms with Crippen molar-refractivity contribution < 1.29 is 18.0 Å². The highest BCUT2D eigenvalue weighted by Crippen LogP contribution is 2.33. The minimum absolute atomic E-state index is 0.00171. The Morgan fingerprint density at radius 3 is 2.16 bits per heavy atom. The van der Waals surface area contributed by atoms with Gasteiger partial charge < -0.3 is 10.2 Å². The van der Waals surface area contributed by atoms with Crippen molar-refractivity contribution in [1.29, 1.82) is 0 Å². The van der Waals surface area contributed by atoms with Crippen molar-refractivity contribution in [1.82, 2.24) is 10.2 Å². The molecule has 7 nitrogen and oxygen atoms in total. The van der Waals surface area contributed by atoms with Gasteiger partial charge in [0.25, 0.3) is 10.0 Å². The van der Waals surface area contributed by atoms with E-state index in [1.54, 1.807) is 56.3 Å². The van der Waals surface area contributed by atoms with Crippen LogP contribution in [0.25, 0.3) is 0 Å². The second kappa shape index (κ2) is 13.3. The van der Waals surface area contributed by atoms with Crippen LogP contribution in [0.2, 0.25) is 15.1 Å². The molecule has 0 aliphatic carbocycles. The number of anilines is 1. The molecule has 0 saturated carbocycles. The van der Waals surface area contributed by atoms with E-state index in [2.05, 4.69) is 5.32 Å². The number of benzene rings is 3.